The zero-order chi connectivity index (χ0) is 13.2. The van der Waals surface area contributed by atoms with E-state index >= 15 is 0 Å². The third-order valence-electron chi connectivity index (χ3n) is 3.80. The number of carbonyl (C=O) groups excluding carboxylic acids is 1. The van der Waals surface area contributed by atoms with Crippen molar-refractivity contribution < 1.29 is 9.18 Å². The van der Waals surface area contributed by atoms with Gasteiger partial charge < -0.3 is 5.32 Å². The van der Waals surface area contributed by atoms with Gasteiger partial charge in [-0.2, -0.15) is 4.39 Å². The summed E-state index contributed by atoms with van der Waals surface area (Å²) < 4.78 is 13.0. The third kappa shape index (κ3) is 2.86. The van der Waals surface area contributed by atoms with Crippen LogP contribution >= 0.6 is 0 Å². The number of pyridine rings is 1. The van der Waals surface area contributed by atoms with E-state index in [0.717, 1.165) is 19.3 Å². The molecule has 1 aliphatic rings. The number of hydrogen-bond donors (Lipinski definition) is 1. The summed E-state index contributed by atoms with van der Waals surface area (Å²) in [7, 11) is 0. The van der Waals surface area contributed by atoms with Crippen LogP contribution in [0.25, 0.3) is 0 Å². The minimum Gasteiger partial charge on any atom is -0.349 e. The van der Waals surface area contributed by atoms with Crippen LogP contribution in [-0.4, -0.2) is 16.9 Å². The van der Waals surface area contributed by atoms with E-state index in [1.807, 2.05) is 0 Å². The van der Waals surface area contributed by atoms with Gasteiger partial charge in [-0.15, -0.1) is 0 Å². The Labute approximate surface area is 107 Å². The van der Waals surface area contributed by atoms with E-state index in [9.17, 15) is 9.18 Å². The Morgan fingerprint density at radius 2 is 2.28 bits per heavy atom. The molecule has 0 bridgehead atoms. The van der Waals surface area contributed by atoms with Crippen molar-refractivity contribution >= 4 is 5.91 Å². The van der Waals surface area contributed by atoms with Crippen LogP contribution in [0, 0.1) is 11.4 Å². The lowest BCUT2D eigenvalue weighted by atomic mass is 9.73. The second kappa shape index (κ2) is 5.04. The Hall–Kier alpha value is -1.45. The lowest BCUT2D eigenvalue weighted by Gasteiger charge is -2.39. The number of amides is 1. The van der Waals surface area contributed by atoms with Crippen molar-refractivity contribution in [3.63, 3.8) is 0 Å². The van der Waals surface area contributed by atoms with E-state index in [4.69, 9.17) is 0 Å². The molecule has 1 fully saturated rings. The Morgan fingerprint density at radius 1 is 1.50 bits per heavy atom. The van der Waals surface area contributed by atoms with Gasteiger partial charge in [0.25, 0.3) is 5.91 Å². The molecule has 1 heterocycles. The van der Waals surface area contributed by atoms with E-state index in [0.29, 0.717) is 5.56 Å². The average Bonchev–Trinajstić information content (AvgIpc) is 2.31. The van der Waals surface area contributed by atoms with E-state index in [2.05, 4.69) is 24.1 Å². The maximum Gasteiger partial charge on any atom is 0.251 e. The van der Waals surface area contributed by atoms with Crippen molar-refractivity contribution in [1.82, 2.24) is 10.3 Å². The molecule has 1 aromatic heterocycles. The predicted octanol–water partition coefficient (Wildman–Crippen LogP) is 2.92. The lowest BCUT2D eigenvalue weighted by molar-refractivity contribution is 0.0853. The topological polar surface area (TPSA) is 42.0 Å². The fourth-order valence-corrected chi connectivity index (χ4v) is 2.55. The van der Waals surface area contributed by atoms with Crippen molar-refractivity contribution in [1.29, 1.82) is 0 Å². The Morgan fingerprint density at radius 3 is 2.94 bits per heavy atom. The highest BCUT2D eigenvalue weighted by molar-refractivity contribution is 5.94. The average molecular weight is 250 g/mol. The van der Waals surface area contributed by atoms with Crippen molar-refractivity contribution in [2.45, 2.75) is 45.6 Å². The van der Waals surface area contributed by atoms with Gasteiger partial charge in [0.1, 0.15) is 0 Å². The first-order valence-corrected chi connectivity index (χ1v) is 6.41. The van der Waals surface area contributed by atoms with Crippen LogP contribution in [0.2, 0.25) is 0 Å². The van der Waals surface area contributed by atoms with E-state index in [1.165, 1.54) is 24.8 Å². The van der Waals surface area contributed by atoms with Gasteiger partial charge >= 0.3 is 0 Å². The summed E-state index contributed by atoms with van der Waals surface area (Å²) in [6, 6.07) is 2.87. The van der Waals surface area contributed by atoms with Crippen LogP contribution in [-0.2, 0) is 0 Å². The summed E-state index contributed by atoms with van der Waals surface area (Å²) in [6.45, 7) is 4.34. The van der Waals surface area contributed by atoms with Gasteiger partial charge in [-0.1, -0.05) is 26.7 Å². The van der Waals surface area contributed by atoms with Gasteiger partial charge in [0.05, 0.1) is 0 Å². The number of aromatic nitrogens is 1. The molecule has 0 aromatic carbocycles. The maximum absolute atomic E-state index is 13.0. The van der Waals surface area contributed by atoms with Crippen LogP contribution < -0.4 is 5.32 Å². The molecule has 0 spiro atoms. The van der Waals surface area contributed by atoms with Crippen LogP contribution in [0.4, 0.5) is 4.39 Å². The van der Waals surface area contributed by atoms with Gasteiger partial charge in [-0.05, 0) is 24.3 Å². The molecule has 0 aliphatic heterocycles. The minimum absolute atomic E-state index is 0.111. The lowest BCUT2D eigenvalue weighted by Crippen LogP contribution is -2.46. The van der Waals surface area contributed by atoms with Crippen LogP contribution in [0.3, 0.4) is 0 Å². The standard InChI is InChI=1S/C14H19FN2O/c1-14(2)7-4-3-5-11(14)17-13(18)10-6-8-16-12(15)9-10/h6,8-9,11H,3-5,7H2,1-2H3,(H,17,18). The molecule has 1 unspecified atom stereocenters. The summed E-state index contributed by atoms with van der Waals surface area (Å²) >= 11 is 0. The molecule has 3 nitrogen and oxygen atoms in total. The number of halogens is 1. The molecule has 1 aromatic rings. The third-order valence-corrected chi connectivity index (χ3v) is 3.80. The van der Waals surface area contributed by atoms with E-state index in [-0.39, 0.29) is 17.4 Å². The first-order chi connectivity index (χ1) is 8.49. The molecule has 1 saturated carbocycles. The largest absolute Gasteiger partial charge is 0.349 e. The van der Waals surface area contributed by atoms with Crippen molar-refractivity contribution in [2.75, 3.05) is 0 Å². The molecule has 98 valence electrons. The zero-order valence-electron chi connectivity index (χ0n) is 10.9. The number of nitrogens with zero attached hydrogens (tertiary/aromatic N) is 1. The highest BCUT2D eigenvalue weighted by Gasteiger charge is 2.33. The zero-order valence-corrected chi connectivity index (χ0v) is 10.9. The molecule has 1 amide bonds. The molecular weight excluding hydrogens is 231 g/mol. The Balaban J connectivity index is 2.07. The molecule has 1 atom stereocenters. The second-order valence-corrected chi connectivity index (χ2v) is 5.63. The first kappa shape index (κ1) is 13.0. The van der Waals surface area contributed by atoms with Gasteiger partial charge in [-0.25, -0.2) is 4.98 Å². The fourth-order valence-electron chi connectivity index (χ4n) is 2.55. The normalized spacial score (nSPS) is 22.5. The highest BCUT2D eigenvalue weighted by atomic mass is 19.1. The minimum atomic E-state index is -0.620. The molecule has 1 aliphatic carbocycles. The molecule has 0 radical (unpaired) electrons. The maximum atomic E-state index is 13.0. The number of rotatable bonds is 2. The van der Waals surface area contributed by atoms with Gasteiger partial charge in [0.2, 0.25) is 5.95 Å². The second-order valence-electron chi connectivity index (χ2n) is 5.63. The van der Waals surface area contributed by atoms with Crippen molar-refractivity contribution in [3.8, 4) is 0 Å². The van der Waals surface area contributed by atoms with Crippen LogP contribution in [0.15, 0.2) is 18.3 Å². The quantitative estimate of drug-likeness (QED) is 0.820. The molecule has 0 saturated heterocycles. The molecule has 18 heavy (non-hydrogen) atoms. The van der Waals surface area contributed by atoms with E-state index in [1.54, 1.807) is 0 Å². The summed E-state index contributed by atoms with van der Waals surface area (Å²) in [5, 5.41) is 3.02. The Kier molecular flexibility index (Phi) is 3.64. The molecule has 4 heteroatoms. The van der Waals surface area contributed by atoms with Crippen molar-refractivity contribution in [3.05, 3.63) is 29.8 Å². The molecule has 1 N–H and O–H groups in total. The van der Waals surface area contributed by atoms with Gasteiger partial charge in [0, 0.05) is 23.9 Å². The first-order valence-electron chi connectivity index (χ1n) is 6.41. The highest BCUT2D eigenvalue weighted by Crippen LogP contribution is 2.35. The van der Waals surface area contributed by atoms with Gasteiger partial charge in [-0.3, -0.25) is 4.79 Å². The summed E-state index contributed by atoms with van der Waals surface area (Å²) in [4.78, 5) is 15.5. The summed E-state index contributed by atoms with van der Waals surface area (Å²) in [5.74, 6) is -0.832. The fraction of sp³-hybridized carbons (Fsp3) is 0.571. The summed E-state index contributed by atoms with van der Waals surface area (Å²) in [5.41, 5.74) is 0.448. The molecular formula is C14H19FN2O. The van der Waals surface area contributed by atoms with E-state index < -0.39 is 5.95 Å². The molecule has 2 rings (SSSR count). The number of hydrogen-bond acceptors (Lipinski definition) is 2. The number of carbonyl (C=O) groups is 1. The van der Waals surface area contributed by atoms with Gasteiger partial charge in [0.15, 0.2) is 0 Å². The van der Waals surface area contributed by atoms with Crippen molar-refractivity contribution in [2.24, 2.45) is 5.41 Å². The predicted molar refractivity (Wildman–Crippen MR) is 67.7 cm³/mol. The smallest absolute Gasteiger partial charge is 0.251 e. The van der Waals surface area contributed by atoms with Crippen LogP contribution in [0.1, 0.15) is 49.9 Å². The Bertz CT molecular complexity index is 445. The number of nitrogens with one attached hydrogen (secondary N) is 1. The SMILES string of the molecule is CC1(C)CCCCC1NC(=O)c1ccnc(F)c1. The summed E-state index contributed by atoms with van der Waals surface area (Å²) in [6.07, 6.45) is 5.77. The monoisotopic (exact) mass is 250 g/mol. The van der Waals surface area contributed by atoms with Crippen LogP contribution in [0.5, 0.6) is 0 Å².